The summed E-state index contributed by atoms with van der Waals surface area (Å²) in [6.07, 6.45) is 2.18. The second-order valence-electron chi connectivity index (χ2n) is 11.4. The van der Waals surface area contributed by atoms with E-state index in [2.05, 4.69) is 10.0 Å². The van der Waals surface area contributed by atoms with Crippen LogP contribution >= 0.6 is 11.6 Å². The third-order valence-electron chi connectivity index (χ3n) is 7.93. The third-order valence-corrected chi connectivity index (χ3v) is 9.71. The number of benzene rings is 4. The van der Waals surface area contributed by atoms with Crippen LogP contribution in [-0.4, -0.2) is 38.0 Å². The molecule has 0 spiro atoms. The Bertz CT molecular complexity index is 1800. The number of nitrogens with one attached hydrogen (secondary N) is 2. The van der Waals surface area contributed by atoms with Gasteiger partial charge in [-0.2, -0.15) is 0 Å². The average Bonchev–Trinajstić information content (AvgIpc) is 3.74. The summed E-state index contributed by atoms with van der Waals surface area (Å²) in [4.78, 5) is 29.8. The van der Waals surface area contributed by atoms with Gasteiger partial charge in [0.15, 0.2) is 11.5 Å². The second-order valence-corrected chi connectivity index (χ2v) is 13.6. The lowest BCUT2D eigenvalue weighted by molar-refractivity contribution is -0.141. The van der Waals surface area contributed by atoms with Gasteiger partial charge in [0.1, 0.15) is 6.04 Å². The van der Waals surface area contributed by atoms with Crippen molar-refractivity contribution < 1.29 is 27.5 Å². The largest absolute Gasteiger partial charge is 0.454 e. The molecule has 1 atom stereocenters. The zero-order valence-electron chi connectivity index (χ0n) is 25.0. The highest BCUT2D eigenvalue weighted by atomic mass is 35.5. The number of carbonyl (C=O) groups is 2. The van der Waals surface area contributed by atoms with Gasteiger partial charge in [0.05, 0.1) is 4.90 Å². The number of amides is 2. The molecule has 0 saturated heterocycles. The lowest BCUT2D eigenvalue weighted by Gasteiger charge is -2.32. The Hall–Kier alpha value is -4.38. The Kier molecular flexibility index (Phi) is 9.58. The van der Waals surface area contributed by atoms with Gasteiger partial charge in [-0.05, 0) is 77.9 Å². The van der Waals surface area contributed by atoms with Gasteiger partial charge in [-0.15, -0.1) is 0 Å². The van der Waals surface area contributed by atoms with Gasteiger partial charge in [-0.25, -0.2) is 13.1 Å². The SMILES string of the molecule is O=C(NCc1ccc2c(c1)OCO2)[C@H](c1ccccc1)N(Cc1ccc(Cl)cc1)C(=O)CCc1ccc(S(=O)(=O)NC2CC2)cc1. The van der Waals surface area contributed by atoms with E-state index < -0.39 is 16.1 Å². The maximum absolute atomic E-state index is 14.0. The summed E-state index contributed by atoms with van der Waals surface area (Å²) in [7, 11) is -3.57. The smallest absolute Gasteiger partial charge is 0.247 e. The number of aryl methyl sites for hydroxylation is 1. The molecule has 4 aromatic rings. The molecule has 0 bridgehead atoms. The molecule has 46 heavy (non-hydrogen) atoms. The first-order valence-corrected chi connectivity index (χ1v) is 17.0. The van der Waals surface area contributed by atoms with Crippen molar-refractivity contribution in [1.82, 2.24) is 14.9 Å². The number of nitrogens with zero attached hydrogens (tertiary/aromatic N) is 1. The molecule has 1 saturated carbocycles. The Morgan fingerprint density at radius 3 is 2.24 bits per heavy atom. The number of rotatable bonds is 13. The zero-order chi connectivity index (χ0) is 32.1. The first kappa shape index (κ1) is 31.6. The van der Waals surface area contributed by atoms with Crippen molar-refractivity contribution in [2.45, 2.75) is 55.8 Å². The summed E-state index contributed by atoms with van der Waals surface area (Å²) in [5, 5.41) is 3.59. The fourth-order valence-corrected chi connectivity index (χ4v) is 6.70. The van der Waals surface area contributed by atoms with Crippen LogP contribution in [0.2, 0.25) is 5.02 Å². The molecular weight excluding hydrogens is 626 g/mol. The second kappa shape index (κ2) is 13.9. The van der Waals surface area contributed by atoms with E-state index in [1.54, 1.807) is 47.4 Å². The molecule has 0 unspecified atom stereocenters. The summed E-state index contributed by atoms with van der Waals surface area (Å²) in [6, 6.07) is 27.6. The van der Waals surface area contributed by atoms with Crippen LogP contribution in [0.5, 0.6) is 11.5 Å². The minimum atomic E-state index is -3.57. The monoisotopic (exact) mass is 659 g/mol. The highest BCUT2D eigenvalue weighted by Crippen LogP contribution is 2.33. The van der Waals surface area contributed by atoms with Gasteiger partial charge < -0.3 is 19.7 Å². The third kappa shape index (κ3) is 7.88. The Morgan fingerprint density at radius 2 is 1.52 bits per heavy atom. The first-order valence-electron chi connectivity index (χ1n) is 15.1. The molecule has 6 rings (SSSR count). The van der Waals surface area contributed by atoms with E-state index in [0.29, 0.717) is 28.5 Å². The highest BCUT2D eigenvalue weighted by Gasteiger charge is 2.32. The standard InChI is InChI=1S/C35H34ClN3O6S/c36-28-12-6-25(7-13-28)22-39(33(40)19-11-24-8-16-30(17-9-24)46(42,43)38-29-14-15-29)34(27-4-2-1-3-5-27)35(41)37-21-26-10-18-31-32(20-26)45-23-44-31/h1-10,12-13,16-18,20,29,34,38H,11,14-15,19,21-23H2,(H,37,41)/t34-/m0/s1. The Morgan fingerprint density at radius 1 is 0.848 bits per heavy atom. The molecule has 1 fully saturated rings. The predicted octanol–water partition coefficient (Wildman–Crippen LogP) is 5.53. The van der Waals surface area contributed by atoms with Gasteiger partial charge in [-0.1, -0.05) is 72.3 Å². The van der Waals surface area contributed by atoms with Crippen LogP contribution in [0.4, 0.5) is 0 Å². The Balaban J connectivity index is 1.22. The number of halogens is 1. The van der Waals surface area contributed by atoms with E-state index in [0.717, 1.165) is 29.5 Å². The zero-order valence-corrected chi connectivity index (χ0v) is 26.6. The van der Waals surface area contributed by atoms with Gasteiger partial charge in [0.2, 0.25) is 28.6 Å². The maximum atomic E-state index is 14.0. The van der Waals surface area contributed by atoms with Crippen LogP contribution in [0.1, 0.15) is 47.6 Å². The van der Waals surface area contributed by atoms with Crippen LogP contribution in [0, 0.1) is 0 Å². The van der Waals surface area contributed by atoms with Gasteiger partial charge in [-0.3, -0.25) is 9.59 Å². The number of ether oxygens (including phenoxy) is 2. The van der Waals surface area contributed by atoms with Crippen molar-refractivity contribution >= 4 is 33.4 Å². The lowest BCUT2D eigenvalue weighted by Crippen LogP contribution is -2.43. The molecule has 2 amide bonds. The van der Waals surface area contributed by atoms with Crippen molar-refractivity contribution in [2.24, 2.45) is 0 Å². The topological polar surface area (TPSA) is 114 Å². The molecular formula is C35H34ClN3O6S. The van der Waals surface area contributed by atoms with Crippen molar-refractivity contribution in [3.8, 4) is 11.5 Å². The molecule has 9 nitrogen and oxygen atoms in total. The fraction of sp³-hybridized carbons (Fsp3) is 0.257. The van der Waals surface area contributed by atoms with E-state index in [9.17, 15) is 18.0 Å². The van der Waals surface area contributed by atoms with Gasteiger partial charge in [0, 0.05) is 30.6 Å². The summed E-state index contributed by atoms with van der Waals surface area (Å²) in [5.41, 5.74) is 3.14. The molecule has 0 aromatic heterocycles. The summed E-state index contributed by atoms with van der Waals surface area (Å²) in [5.74, 6) is 0.719. The van der Waals surface area contributed by atoms with Crippen LogP contribution in [0.25, 0.3) is 0 Å². The van der Waals surface area contributed by atoms with E-state index in [4.69, 9.17) is 21.1 Å². The molecule has 4 aromatic carbocycles. The number of hydrogen-bond donors (Lipinski definition) is 2. The van der Waals surface area contributed by atoms with Crippen LogP contribution in [0.15, 0.2) is 102 Å². The van der Waals surface area contributed by atoms with E-state index in [1.807, 2.05) is 54.6 Å². The first-order chi connectivity index (χ1) is 22.2. The number of sulfonamides is 1. The van der Waals surface area contributed by atoms with E-state index >= 15 is 0 Å². The quantitative estimate of drug-likeness (QED) is 0.195. The van der Waals surface area contributed by atoms with Gasteiger partial charge >= 0.3 is 0 Å². The maximum Gasteiger partial charge on any atom is 0.247 e. The minimum absolute atomic E-state index is 0.0145. The molecule has 1 aliphatic heterocycles. The van der Waals surface area contributed by atoms with Crippen LogP contribution < -0.4 is 19.5 Å². The molecule has 0 radical (unpaired) electrons. The normalized spacial score (nSPS) is 14.5. The summed E-state index contributed by atoms with van der Waals surface area (Å²) >= 11 is 6.14. The number of carbonyl (C=O) groups excluding carboxylic acids is 2. The van der Waals surface area contributed by atoms with Crippen molar-refractivity contribution in [2.75, 3.05) is 6.79 Å². The van der Waals surface area contributed by atoms with Crippen LogP contribution in [-0.2, 0) is 39.1 Å². The molecule has 11 heteroatoms. The van der Waals surface area contributed by atoms with E-state index in [-0.39, 0.29) is 49.1 Å². The lowest BCUT2D eigenvalue weighted by atomic mass is 10.0. The van der Waals surface area contributed by atoms with Crippen molar-refractivity contribution in [3.63, 3.8) is 0 Å². The predicted molar refractivity (Wildman–Crippen MR) is 174 cm³/mol. The summed E-state index contributed by atoms with van der Waals surface area (Å²) in [6.45, 7) is 0.563. The molecule has 2 aliphatic rings. The van der Waals surface area contributed by atoms with Crippen molar-refractivity contribution in [1.29, 1.82) is 0 Å². The minimum Gasteiger partial charge on any atom is -0.454 e. The number of hydrogen-bond acceptors (Lipinski definition) is 6. The fourth-order valence-electron chi connectivity index (χ4n) is 5.27. The van der Waals surface area contributed by atoms with Crippen molar-refractivity contribution in [3.05, 3.63) is 124 Å². The molecule has 2 N–H and O–H groups in total. The van der Waals surface area contributed by atoms with E-state index in [1.165, 1.54) is 0 Å². The summed E-state index contributed by atoms with van der Waals surface area (Å²) < 4.78 is 38.7. The van der Waals surface area contributed by atoms with Gasteiger partial charge in [0.25, 0.3) is 0 Å². The molecule has 238 valence electrons. The molecule has 1 aliphatic carbocycles. The van der Waals surface area contributed by atoms with Crippen LogP contribution in [0.3, 0.4) is 0 Å². The average molecular weight is 660 g/mol. The number of fused-ring (bicyclic) bond motifs is 1. The molecule has 1 heterocycles. The highest BCUT2D eigenvalue weighted by molar-refractivity contribution is 7.89. The Labute approximate surface area is 273 Å².